The number of aromatic nitrogens is 2. The van der Waals surface area contributed by atoms with Gasteiger partial charge in [0.1, 0.15) is 11.6 Å². The molecule has 1 aliphatic rings. The molecule has 1 aromatic heterocycles. The largest absolute Gasteiger partial charge is 0.354 e. The third-order valence-corrected chi connectivity index (χ3v) is 3.65. The van der Waals surface area contributed by atoms with Crippen LogP contribution < -0.4 is 10.6 Å². The second-order valence-corrected chi connectivity index (χ2v) is 5.04. The maximum Gasteiger partial charge on any atom is 0.132 e. The van der Waals surface area contributed by atoms with Gasteiger partial charge in [-0.15, -0.1) is 0 Å². The number of rotatable bonds is 5. The minimum Gasteiger partial charge on any atom is -0.354 e. The van der Waals surface area contributed by atoms with E-state index in [0.29, 0.717) is 6.04 Å². The molecule has 0 aromatic carbocycles. The Bertz CT molecular complexity index is 391. The third kappa shape index (κ3) is 2.99. The molecule has 0 saturated carbocycles. The van der Waals surface area contributed by atoms with Crippen molar-refractivity contribution in [1.82, 2.24) is 9.97 Å². The highest BCUT2D eigenvalue weighted by atomic mass is 15.2. The van der Waals surface area contributed by atoms with Crippen molar-refractivity contribution in [3.05, 3.63) is 17.6 Å². The van der Waals surface area contributed by atoms with Gasteiger partial charge in [0, 0.05) is 24.3 Å². The first-order valence-electron chi connectivity index (χ1n) is 7.06. The van der Waals surface area contributed by atoms with E-state index in [0.717, 1.165) is 43.3 Å². The van der Waals surface area contributed by atoms with Crippen LogP contribution in [0.3, 0.4) is 0 Å². The Morgan fingerprint density at radius 1 is 1.44 bits per heavy atom. The lowest BCUT2D eigenvalue weighted by molar-refractivity contribution is 0.581. The van der Waals surface area contributed by atoms with Crippen LogP contribution in [0.25, 0.3) is 0 Å². The van der Waals surface area contributed by atoms with E-state index in [1.54, 1.807) is 0 Å². The Balaban J connectivity index is 2.16. The average Bonchev–Trinajstić information content (AvgIpc) is 2.83. The summed E-state index contributed by atoms with van der Waals surface area (Å²) in [5.41, 5.74) is 6.76. The van der Waals surface area contributed by atoms with Crippen molar-refractivity contribution in [1.29, 1.82) is 0 Å². The summed E-state index contributed by atoms with van der Waals surface area (Å²) in [6, 6.07) is 2.76. The molecule has 0 radical (unpaired) electrons. The number of hydrogen-bond acceptors (Lipinski definition) is 4. The van der Waals surface area contributed by atoms with Crippen LogP contribution in [-0.2, 0) is 6.42 Å². The Hall–Kier alpha value is -1.16. The summed E-state index contributed by atoms with van der Waals surface area (Å²) >= 11 is 0. The van der Waals surface area contributed by atoms with Gasteiger partial charge in [0.15, 0.2) is 0 Å². The number of nitrogens with two attached hydrogens (primary N) is 1. The maximum absolute atomic E-state index is 5.62. The Morgan fingerprint density at radius 3 is 3.00 bits per heavy atom. The van der Waals surface area contributed by atoms with Gasteiger partial charge in [-0.3, -0.25) is 0 Å². The second-order valence-electron chi connectivity index (χ2n) is 5.04. The Kier molecular flexibility index (Phi) is 4.53. The lowest BCUT2D eigenvalue weighted by Gasteiger charge is -2.26. The van der Waals surface area contributed by atoms with Crippen LogP contribution in [0.1, 0.15) is 44.1 Å². The minimum absolute atomic E-state index is 0.618. The molecule has 1 aliphatic heterocycles. The van der Waals surface area contributed by atoms with Crippen molar-refractivity contribution in [2.45, 2.75) is 52.0 Å². The molecule has 2 rings (SSSR count). The second kappa shape index (κ2) is 6.14. The molecule has 100 valence electrons. The van der Waals surface area contributed by atoms with Crippen molar-refractivity contribution in [3.63, 3.8) is 0 Å². The van der Waals surface area contributed by atoms with Crippen LogP contribution in [0.15, 0.2) is 6.07 Å². The number of hydrogen-bond donors (Lipinski definition) is 1. The number of nitrogens with zero attached hydrogens (tertiary/aromatic N) is 3. The normalized spacial score (nSPS) is 19.5. The molecule has 0 bridgehead atoms. The van der Waals surface area contributed by atoms with Crippen molar-refractivity contribution >= 4 is 5.82 Å². The van der Waals surface area contributed by atoms with Gasteiger partial charge in [-0.05, 0) is 45.6 Å². The highest BCUT2D eigenvalue weighted by Gasteiger charge is 2.25. The molecule has 0 amide bonds. The first kappa shape index (κ1) is 13.3. The molecular weight excluding hydrogens is 224 g/mol. The SMILES string of the molecule is CCc1cc(N2CCCC2CCCN)nc(C)n1. The molecular formula is C14H24N4. The van der Waals surface area contributed by atoms with Gasteiger partial charge < -0.3 is 10.6 Å². The fraction of sp³-hybridized carbons (Fsp3) is 0.714. The topological polar surface area (TPSA) is 55.0 Å². The van der Waals surface area contributed by atoms with E-state index in [1.165, 1.54) is 19.3 Å². The molecule has 4 heteroatoms. The smallest absolute Gasteiger partial charge is 0.132 e. The quantitative estimate of drug-likeness (QED) is 0.866. The van der Waals surface area contributed by atoms with Gasteiger partial charge in [-0.1, -0.05) is 6.92 Å². The third-order valence-electron chi connectivity index (χ3n) is 3.65. The monoisotopic (exact) mass is 248 g/mol. The lowest BCUT2D eigenvalue weighted by Crippen LogP contribution is -2.30. The Labute approximate surface area is 110 Å². The summed E-state index contributed by atoms with van der Waals surface area (Å²) in [5.74, 6) is 1.99. The molecule has 1 saturated heterocycles. The van der Waals surface area contributed by atoms with E-state index < -0.39 is 0 Å². The summed E-state index contributed by atoms with van der Waals surface area (Å²) in [4.78, 5) is 11.5. The van der Waals surface area contributed by atoms with E-state index in [-0.39, 0.29) is 0 Å². The van der Waals surface area contributed by atoms with E-state index in [1.807, 2.05) is 6.92 Å². The van der Waals surface area contributed by atoms with Gasteiger partial charge in [-0.2, -0.15) is 0 Å². The highest BCUT2D eigenvalue weighted by Crippen LogP contribution is 2.27. The van der Waals surface area contributed by atoms with Crippen molar-refractivity contribution in [2.75, 3.05) is 18.0 Å². The summed E-state index contributed by atoms with van der Waals surface area (Å²) in [5, 5.41) is 0. The summed E-state index contributed by atoms with van der Waals surface area (Å²) in [6.45, 7) is 6.03. The van der Waals surface area contributed by atoms with Gasteiger partial charge in [0.25, 0.3) is 0 Å². The van der Waals surface area contributed by atoms with Crippen LogP contribution in [0.5, 0.6) is 0 Å². The zero-order valence-electron chi connectivity index (χ0n) is 11.5. The average molecular weight is 248 g/mol. The van der Waals surface area contributed by atoms with Crippen LogP contribution >= 0.6 is 0 Å². The van der Waals surface area contributed by atoms with Crippen LogP contribution in [0.4, 0.5) is 5.82 Å². The fourth-order valence-electron chi connectivity index (χ4n) is 2.73. The van der Waals surface area contributed by atoms with Crippen LogP contribution in [0, 0.1) is 6.92 Å². The zero-order chi connectivity index (χ0) is 13.0. The van der Waals surface area contributed by atoms with Crippen molar-refractivity contribution < 1.29 is 0 Å². The Morgan fingerprint density at radius 2 is 2.28 bits per heavy atom. The zero-order valence-corrected chi connectivity index (χ0v) is 11.5. The minimum atomic E-state index is 0.618. The summed E-state index contributed by atoms with van der Waals surface area (Å²) in [6.07, 6.45) is 5.79. The standard InChI is InChI=1S/C14H24N4/c1-3-12-10-14(17-11(2)16-12)18-9-5-7-13(18)6-4-8-15/h10,13H,3-9,15H2,1-2H3. The predicted octanol–water partition coefficient (Wildman–Crippen LogP) is 2.06. The summed E-state index contributed by atoms with van der Waals surface area (Å²) < 4.78 is 0. The van der Waals surface area contributed by atoms with E-state index >= 15 is 0 Å². The predicted molar refractivity (Wildman–Crippen MR) is 74.8 cm³/mol. The maximum atomic E-state index is 5.62. The van der Waals surface area contributed by atoms with E-state index in [4.69, 9.17) is 5.73 Å². The van der Waals surface area contributed by atoms with Crippen LogP contribution in [-0.4, -0.2) is 29.1 Å². The summed E-state index contributed by atoms with van der Waals surface area (Å²) in [7, 11) is 0. The molecule has 18 heavy (non-hydrogen) atoms. The lowest BCUT2D eigenvalue weighted by atomic mass is 10.1. The molecule has 0 aliphatic carbocycles. The molecule has 1 unspecified atom stereocenters. The first-order chi connectivity index (χ1) is 8.74. The van der Waals surface area contributed by atoms with Crippen molar-refractivity contribution in [2.24, 2.45) is 5.73 Å². The first-order valence-corrected chi connectivity index (χ1v) is 7.06. The van der Waals surface area contributed by atoms with Crippen molar-refractivity contribution in [3.8, 4) is 0 Å². The molecule has 2 N–H and O–H groups in total. The van der Waals surface area contributed by atoms with Gasteiger partial charge in [-0.25, -0.2) is 9.97 Å². The molecule has 0 spiro atoms. The number of aryl methyl sites for hydroxylation is 2. The van der Waals surface area contributed by atoms with Gasteiger partial charge in [0.05, 0.1) is 0 Å². The van der Waals surface area contributed by atoms with E-state index in [2.05, 4.69) is 27.9 Å². The van der Waals surface area contributed by atoms with Gasteiger partial charge in [0.2, 0.25) is 0 Å². The highest BCUT2D eigenvalue weighted by molar-refractivity contribution is 5.42. The van der Waals surface area contributed by atoms with Gasteiger partial charge >= 0.3 is 0 Å². The van der Waals surface area contributed by atoms with Crippen LogP contribution in [0.2, 0.25) is 0 Å². The fourth-order valence-corrected chi connectivity index (χ4v) is 2.73. The number of anilines is 1. The molecule has 4 nitrogen and oxygen atoms in total. The molecule has 2 heterocycles. The molecule has 1 fully saturated rings. The van der Waals surface area contributed by atoms with E-state index in [9.17, 15) is 0 Å². The molecule has 1 atom stereocenters. The molecule has 1 aromatic rings.